The summed E-state index contributed by atoms with van der Waals surface area (Å²) in [6, 6.07) is 13.9. The van der Waals surface area contributed by atoms with Crippen LogP contribution in [0, 0.1) is 13.8 Å². The Labute approximate surface area is 194 Å². The lowest BCUT2D eigenvalue weighted by atomic mass is 9.99. The fourth-order valence-electron chi connectivity index (χ4n) is 3.91. The molecule has 6 nitrogen and oxygen atoms in total. The van der Waals surface area contributed by atoms with E-state index >= 15 is 0 Å². The summed E-state index contributed by atoms with van der Waals surface area (Å²) in [7, 11) is 3.79. The number of hydrogen-bond acceptors (Lipinski definition) is 6. The number of nitrogens with zero attached hydrogens (tertiary/aromatic N) is 3. The van der Waals surface area contributed by atoms with Gasteiger partial charge in [0.05, 0.1) is 18.6 Å². The van der Waals surface area contributed by atoms with Crippen molar-refractivity contribution in [1.29, 1.82) is 0 Å². The Kier molecular flexibility index (Phi) is 6.67. The van der Waals surface area contributed by atoms with Crippen molar-refractivity contribution in [3.05, 3.63) is 59.2 Å². The van der Waals surface area contributed by atoms with Crippen molar-refractivity contribution >= 4 is 34.1 Å². The fourth-order valence-corrected chi connectivity index (χ4v) is 4.79. The van der Waals surface area contributed by atoms with Crippen LogP contribution < -0.4 is 10.1 Å². The summed E-state index contributed by atoms with van der Waals surface area (Å²) in [5.41, 5.74) is 4.66. The third kappa shape index (κ3) is 5.05. The zero-order valence-electron chi connectivity index (χ0n) is 19.1. The number of likely N-dealkylation sites (tertiary alicyclic amines) is 1. The molecule has 32 heavy (non-hydrogen) atoms. The highest BCUT2D eigenvalue weighted by atomic mass is 32.2. The van der Waals surface area contributed by atoms with E-state index in [1.165, 1.54) is 17.3 Å². The number of aliphatic imine (C=N–C) groups is 2. The van der Waals surface area contributed by atoms with Crippen LogP contribution in [0.2, 0.25) is 0 Å². The standard InChI is InChI=1S/C25H30N4O2S/c1-17-5-8-20(15-18(17)2)26-22(30)16-32-24-23(19-6-9-21(31-4)10-7-19)27-25(28-24)11-13-29(3)14-12-25/h5-10,15H,11-14,16H2,1-4H3,(H,26,30). The highest BCUT2D eigenvalue weighted by Gasteiger charge is 2.39. The minimum absolute atomic E-state index is 0.0423. The molecule has 4 rings (SSSR count). The number of rotatable bonds is 5. The second-order valence-electron chi connectivity index (χ2n) is 8.53. The smallest absolute Gasteiger partial charge is 0.234 e. The van der Waals surface area contributed by atoms with Crippen molar-refractivity contribution in [1.82, 2.24) is 4.90 Å². The largest absolute Gasteiger partial charge is 0.497 e. The molecule has 0 aliphatic carbocycles. The zero-order chi connectivity index (χ0) is 22.7. The van der Waals surface area contributed by atoms with Crippen molar-refractivity contribution in [3.63, 3.8) is 0 Å². The molecule has 1 amide bonds. The lowest BCUT2D eigenvalue weighted by molar-refractivity contribution is -0.113. The number of hydrogen-bond donors (Lipinski definition) is 1. The van der Waals surface area contributed by atoms with Crippen molar-refractivity contribution in [2.75, 3.05) is 38.3 Å². The molecule has 1 N–H and O–H groups in total. The van der Waals surface area contributed by atoms with Crippen LogP contribution in [0.4, 0.5) is 5.69 Å². The molecule has 1 fully saturated rings. The van der Waals surface area contributed by atoms with Gasteiger partial charge in [-0.05, 0) is 68.4 Å². The van der Waals surface area contributed by atoms with Crippen molar-refractivity contribution in [2.45, 2.75) is 32.4 Å². The highest BCUT2D eigenvalue weighted by Crippen LogP contribution is 2.35. The number of carbonyl (C=O) groups is 1. The van der Waals surface area contributed by atoms with E-state index in [1.807, 2.05) is 49.4 Å². The van der Waals surface area contributed by atoms with Crippen LogP contribution >= 0.6 is 11.8 Å². The highest BCUT2D eigenvalue weighted by molar-refractivity contribution is 8.16. The molecule has 0 radical (unpaired) electrons. The Hall–Kier alpha value is -2.64. The van der Waals surface area contributed by atoms with Crippen molar-refractivity contribution in [3.8, 4) is 5.75 Å². The monoisotopic (exact) mass is 450 g/mol. The quantitative estimate of drug-likeness (QED) is 0.737. The van der Waals surface area contributed by atoms with Crippen LogP contribution in [-0.2, 0) is 4.79 Å². The molecular weight excluding hydrogens is 420 g/mol. The van der Waals surface area contributed by atoms with Crippen LogP contribution in [0.15, 0.2) is 52.4 Å². The Morgan fingerprint density at radius 1 is 1.09 bits per heavy atom. The fraction of sp³-hybridized carbons (Fsp3) is 0.400. The Bertz CT molecular complexity index is 1050. The number of anilines is 1. The minimum atomic E-state index is -0.408. The molecule has 2 aromatic carbocycles. The molecule has 0 aromatic heterocycles. The van der Waals surface area contributed by atoms with Crippen molar-refractivity contribution < 1.29 is 9.53 Å². The van der Waals surface area contributed by atoms with Gasteiger partial charge in [0, 0.05) is 37.2 Å². The Balaban J connectivity index is 1.50. The first-order valence-corrected chi connectivity index (χ1v) is 11.9. The van der Waals surface area contributed by atoms with Crippen LogP contribution in [0.3, 0.4) is 0 Å². The van der Waals surface area contributed by atoms with Crippen LogP contribution in [0.25, 0.3) is 0 Å². The molecule has 168 valence electrons. The van der Waals surface area contributed by atoms with Gasteiger partial charge in [-0.15, -0.1) is 0 Å². The lowest BCUT2D eigenvalue weighted by Gasteiger charge is -2.33. The minimum Gasteiger partial charge on any atom is -0.497 e. The SMILES string of the molecule is COc1ccc(C2=NC3(CCN(C)CC3)N=C2SCC(=O)Nc2ccc(C)c(C)c2)cc1. The number of thioether (sulfide) groups is 1. The van der Waals surface area contributed by atoms with Gasteiger partial charge in [-0.1, -0.05) is 17.8 Å². The average Bonchev–Trinajstić information content (AvgIpc) is 3.15. The first-order valence-electron chi connectivity index (χ1n) is 10.9. The van der Waals surface area contributed by atoms with Gasteiger partial charge in [0.15, 0.2) is 5.66 Å². The van der Waals surface area contributed by atoms with Crippen LogP contribution in [0.1, 0.15) is 29.5 Å². The summed E-state index contributed by atoms with van der Waals surface area (Å²) in [5, 5.41) is 3.85. The number of ether oxygens (including phenoxy) is 1. The summed E-state index contributed by atoms with van der Waals surface area (Å²) in [6.07, 6.45) is 1.78. The number of piperidine rings is 1. The van der Waals surface area contributed by atoms with E-state index in [4.69, 9.17) is 14.7 Å². The van der Waals surface area contributed by atoms with Crippen molar-refractivity contribution in [2.24, 2.45) is 9.98 Å². The van der Waals surface area contributed by atoms with Gasteiger partial charge in [0.2, 0.25) is 5.91 Å². The average molecular weight is 451 g/mol. The number of carbonyl (C=O) groups excluding carboxylic acids is 1. The molecule has 2 aliphatic rings. The maximum Gasteiger partial charge on any atom is 0.234 e. The second-order valence-corrected chi connectivity index (χ2v) is 9.49. The molecule has 2 aromatic rings. The summed E-state index contributed by atoms with van der Waals surface area (Å²) in [4.78, 5) is 25.1. The molecule has 2 heterocycles. The summed E-state index contributed by atoms with van der Waals surface area (Å²) in [5.74, 6) is 1.05. The molecule has 1 saturated heterocycles. The van der Waals surface area contributed by atoms with E-state index < -0.39 is 5.66 Å². The normalized spacial score (nSPS) is 17.8. The lowest BCUT2D eigenvalue weighted by Crippen LogP contribution is -2.39. The van der Waals surface area contributed by atoms with Gasteiger partial charge in [0.25, 0.3) is 0 Å². The van der Waals surface area contributed by atoms with E-state index in [0.29, 0.717) is 0 Å². The van der Waals surface area contributed by atoms with Gasteiger partial charge in [-0.25, -0.2) is 4.99 Å². The number of nitrogens with one attached hydrogen (secondary N) is 1. The summed E-state index contributed by atoms with van der Waals surface area (Å²) in [6.45, 7) is 6.04. The van der Waals surface area contributed by atoms with Crippen LogP contribution in [0.5, 0.6) is 5.75 Å². The number of amides is 1. The molecule has 0 bridgehead atoms. The molecule has 2 aliphatic heterocycles. The van der Waals surface area contributed by atoms with E-state index in [0.717, 1.165) is 59.3 Å². The van der Waals surface area contributed by atoms with E-state index in [1.54, 1.807) is 7.11 Å². The van der Waals surface area contributed by atoms with Gasteiger partial charge in [0.1, 0.15) is 10.8 Å². The first kappa shape index (κ1) is 22.6. The summed E-state index contributed by atoms with van der Waals surface area (Å²) >= 11 is 1.46. The molecule has 0 atom stereocenters. The van der Waals surface area contributed by atoms with E-state index in [9.17, 15) is 4.79 Å². The molecule has 1 spiro atoms. The van der Waals surface area contributed by atoms with Gasteiger partial charge in [-0.2, -0.15) is 0 Å². The van der Waals surface area contributed by atoms with E-state index in [2.05, 4.69) is 24.2 Å². The van der Waals surface area contributed by atoms with Crippen LogP contribution in [-0.4, -0.2) is 60.2 Å². The summed E-state index contributed by atoms with van der Waals surface area (Å²) < 4.78 is 5.30. The third-order valence-corrected chi connectivity index (χ3v) is 7.08. The zero-order valence-corrected chi connectivity index (χ0v) is 20.0. The van der Waals surface area contributed by atoms with Gasteiger partial charge < -0.3 is 15.0 Å². The Morgan fingerprint density at radius 2 is 1.81 bits per heavy atom. The topological polar surface area (TPSA) is 66.3 Å². The third-order valence-electron chi connectivity index (χ3n) is 6.11. The maximum absolute atomic E-state index is 12.7. The molecule has 0 unspecified atom stereocenters. The van der Waals surface area contributed by atoms with Gasteiger partial charge in [-0.3, -0.25) is 9.79 Å². The number of aryl methyl sites for hydroxylation is 2. The van der Waals surface area contributed by atoms with Gasteiger partial charge >= 0.3 is 0 Å². The Morgan fingerprint density at radius 3 is 2.47 bits per heavy atom. The maximum atomic E-state index is 12.7. The predicted molar refractivity (Wildman–Crippen MR) is 133 cm³/mol. The molecular formula is C25H30N4O2S. The first-order chi connectivity index (χ1) is 15.4. The van der Waals surface area contributed by atoms with E-state index in [-0.39, 0.29) is 11.7 Å². The number of benzene rings is 2. The second kappa shape index (κ2) is 9.46. The molecule has 0 saturated carbocycles. The predicted octanol–water partition coefficient (Wildman–Crippen LogP) is 4.31. The molecule has 7 heteroatoms. The number of methoxy groups -OCH3 is 1.